The van der Waals surface area contributed by atoms with Crippen molar-refractivity contribution in [3.8, 4) is 5.69 Å². The van der Waals surface area contributed by atoms with Gasteiger partial charge in [-0.05, 0) is 137 Å². The number of halogens is 3. The molecule has 8 rings (SSSR count). The minimum atomic E-state index is -2.39. The van der Waals surface area contributed by atoms with E-state index in [9.17, 15) is 18.3 Å². The Balaban J connectivity index is 0.000000166. The largest absolute Gasteiger partial charge is 0.354 e. The number of nitrogens with one attached hydrogen (secondary N) is 1. The van der Waals surface area contributed by atoms with Crippen LogP contribution in [0.5, 0.6) is 0 Å². The van der Waals surface area contributed by atoms with E-state index in [1.165, 1.54) is 3.57 Å². The average Bonchev–Trinajstić information content (AvgIpc) is 3.65. The molecule has 0 radical (unpaired) electrons. The number of fused-ring (bicyclic) bond motifs is 6. The summed E-state index contributed by atoms with van der Waals surface area (Å²) in [4.78, 5) is 3.36. The third kappa shape index (κ3) is 10.3. The molecule has 0 amide bonds. The van der Waals surface area contributed by atoms with Gasteiger partial charge in [0.25, 0.3) is 0 Å². The van der Waals surface area contributed by atoms with Crippen molar-refractivity contribution in [2.24, 2.45) is 0 Å². The zero-order valence-electron chi connectivity index (χ0n) is 33.0. The summed E-state index contributed by atoms with van der Waals surface area (Å²) < 4.78 is 55.4. The first-order chi connectivity index (χ1) is 26.5. The van der Waals surface area contributed by atoms with Crippen LogP contribution in [0.2, 0.25) is 0 Å². The molecule has 0 atom stereocenters. The number of aromatic amines is 1. The molecule has 2 aromatic heterocycles. The van der Waals surface area contributed by atoms with Crippen molar-refractivity contribution in [2.75, 3.05) is 53.3 Å². The van der Waals surface area contributed by atoms with E-state index in [0.717, 1.165) is 79.5 Å². The Kier molecular flexibility index (Phi) is 13.1. The van der Waals surface area contributed by atoms with Crippen LogP contribution < -0.4 is 21.2 Å². The normalized spacial score (nSPS) is 12.4. The highest BCUT2D eigenvalue weighted by Gasteiger charge is 2.20. The number of hydrogen-bond acceptors (Lipinski definition) is 4. The first-order valence-electron chi connectivity index (χ1n) is 18.0. The molecule has 0 unspecified atom stereocenters. The van der Waals surface area contributed by atoms with E-state index in [0.29, 0.717) is 0 Å². The van der Waals surface area contributed by atoms with Gasteiger partial charge in [-0.3, -0.25) is 0 Å². The van der Waals surface area contributed by atoms with Crippen LogP contribution in [-0.4, -0.2) is 62.9 Å². The number of benzene rings is 6. The summed E-state index contributed by atoms with van der Waals surface area (Å²) in [6, 6.07) is 40.2. The number of hydrogen-bond donors (Lipinski definition) is 1. The molecule has 0 spiro atoms. The number of nitrogens with zero attached hydrogens (tertiary/aromatic N) is 1. The Morgan fingerprint density at radius 2 is 0.825 bits per heavy atom. The standard InChI is InChI=1S/C22H22BrNO2P2.C16H19NO2P2.C6H4BrI/c1-27(2,25)17-8-10-19-20-11-9-18(28(3,4)26)14-22(20)24(21(19)13-17)16-7-5-6-15(23)12-16;1-20(2,18)11-5-7-13-14-8-6-12(21(3,4)19)10-16(14)17-15(13)9-11;7-5-2-1-3-6(8)4-5/h5-14H,1-4H3;5-10,17H,1-4H3;1-4H. The van der Waals surface area contributed by atoms with E-state index in [4.69, 9.17) is 0 Å². The second-order valence-corrected chi connectivity index (χ2v) is 31.6. The highest BCUT2D eigenvalue weighted by molar-refractivity contribution is 14.1. The fraction of sp³-hybridized carbons (Fsp3) is 0.182. The summed E-state index contributed by atoms with van der Waals surface area (Å²) >= 11 is 9.20. The Morgan fingerprint density at radius 1 is 0.456 bits per heavy atom. The monoisotopic (exact) mass is 1070 g/mol. The minimum Gasteiger partial charge on any atom is -0.354 e. The molecule has 0 bridgehead atoms. The second-order valence-electron chi connectivity index (χ2n) is 15.6. The predicted molar refractivity (Wildman–Crippen MR) is 267 cm³/mol. The Hall–Kier alpha value is -2.47. The van der Waals surface area contributed by atoms with Crippen molar-refractivity contribution in [2.45, 2.75) is 0 Å². The molecular weight excluding hydrogens is 1030 g/mol. The summed E-state index contributed by atoms with van der Waals surface area (Å²) in [7, 11) is -9.31. The third-order valence-corrected chi connectivity index (χ3v) is 17.4. The van der Waals surface area contributed by atoms with Gasteiger partial charge in [0.1, 0.15) is 28.6 Å². The Bertz CT molecular complexity index is 2850. The summed E-state index contributed by atoms with van der Waals surface area (Å²) in [5, 5.41) is 7.87. The molecule has 6 aromatic carbocycles. The SMILES string of the molecule is Brc1cccc(I)c1.CP(C)(=O)c1ccc2c(c1)[nH]c1cc(P(C)(C)=O)ccc12.CP(C)(=O)c1ccc2c3ccc(P(C)(C)=O)cc3n(-c3cccc(Br)c3)c2c1. The molecule has 0 saturated carbocycles. The predicted octanol–water partition coefficient (Wildman–Crippen LogP) is 12.9. The Morgan fingerprint density at radius 3 is 1.18 bits per heavy atom. The highest BCUT2D eigenvalue weighted by Crippen LogP contribution is 2.41. The van der Waals surface area contributed by atoms with Crippen LogP contribution in [0, 0.1) is 3.57 Å². The molecular formula is C44H45Br2IN2O4P4. The van der Waals surface area contributed by atoms with Gasteiger partial charge in [0, 0.05) is 72.0 Å². The van der Waals surface area contributed by atoms with E-state index in [-0.39, 0.29) is 0 Å². The minimum absolute atomic E-state index is 0.857. The summed E-state index contributed by atoms with van der Waals surface area (Å²) in [5.74, 6) is 0. The topological polar surface area (TPSA) is 89.0 Å². The molecule has 0 saturated heterocycles. The van der Waals surface area contributed by atoms with Crippen molar-refractivity contribution >= 4 is 148 Å². The van der Waals surface area contributed by atoms with Gasteiger partial charge >= 0.3 is 0 Å². The zero-order valence-corrected chi connectivity index (χ0v) is 42.0. The molecule has 57 heavy (non-hydrogen) atoms. The van der Waals surface area contributed by atoms with Crippen molar-refractivity contribution in [1.82, 2.24) is 9.55 Å². The van der Waals surface area contributed by atoms with Crippen LogP contribution in [-0.2, 0) is 18.3 Å². The molecule has 13 heteroatoms. The van der Waals surface area contributed by atoms with E-state index >= 15 is 0 Å². The first kappa shape index (κ1) is 44.1. The summed E-state index contributed by atoms with van der Waals surface area (Å²) in [6.45, 7) is 14.3. The third-order valence-electron chi connectivity index (χ3n) is 9.64. The molecule has 8 aromatic rings. The molecule has 2 heterocycles. The van der Waals surface area contributed by atoms with Gasteiger partial charge in [-0.2, -0.15) is 0 Å². The lowest BCUT2D eigenvalue weighted by molar-refractivity contribution is 0.587. The van der Waals surface area contributed by atoms with Gasteiger partial charge < -0.3 is 27.8 Å². The van der Waals surface area contributed by atoms with Crippen LogP contribution >= 0.6 is 83.0 Å². The number of H-pyrrole nitrogens is 1. The lowest BCUT2D eigenvalue weighted by Crippen LogP contribution is -2.05. The molecule has 0 fully saturated rings. The van der Waals surface area contributed by atoms with Gasteiger partial charge in [-0.25, -0.2) is 0 Å². The molecule has 0 aliphatic heterocycles. The van der Waals surface area contributed by atoms with Crippen LogP contribution in [0.3, 0.4) is 0 Å². The maximum Gasteiger partial charge on any atom is 0.109 e. The van der Waals surface area contributed by atoms with E-state index in [2.05, 4.69) is 100 Å². The Labute approximate surface area is 365 Å². The zero-order chi connectivity index (χ0) is 41.7. The number of rotatable bonds is 5. The van der Waals surface area contributed by atoms with Crippen molar-refractivity contribution in [3.05, 3.63) is 134 Å². The van der Waals surface area contributed by atoms with Gasteiger partial charge in [0.05, 0.1) is 11.0 Å². The molecule has 296 valence electrons. The molecule has 1 N–H and O–H groups in total. The van der Waals surface area contributed by atoms with Crippen LogP contribution in [0.4, 0.5) is 0 Å². The molecule has 0 aliphatic carbocycles. The lowest BCUT2D eigenvalue weighted by atomic mass is 10.1. The van der Waals surface area contributed by atoms with Gasteiger partial charge in [0.15, 0.2) is 0 Å². The average molecular weight is 1080 g/mol. The quantitative estimate of drug-likeness (QED) is 0.137. The lowest BCUT2D eigenvalue weighted by Gasteiger charge is -2.12. The van der Waals surface area contributed by atoms with Crippen LogP contribution in [0.15, 0.2) is 130 Å². The fourth-order valence-corrected chi connectivity index (χ4v) is 11.8. The van der Waals surface area contributed by atoms with E-state index in [1.54, 1.807) is 53.3 Å². The van der Waals surface area contributed by atoms with Crippen molar-refractivity contribution < 1.29 is 18.3 Å². The summed E-state index contributed by atoms with van der Waals surface area (Å²) in [5.41, 5.74) is 4.98. The van der Waals surface area contributed by atoms with E-state index in [1.807, 2.05) is 84.9 Å². The van der Waals surface area contributed by atoms with Gasteiger partial charge in [0.2, 0.25) is 0 Å². The van der Waals surface area contributed by atoms with Crippen LogP contribution in [0.25, 0.3) is 49.3 Å². The summed E-state index contributed by atoms with van der Waals surface area (Å²) in [6.07, 6.45) is 0. The fourth-order valence-electron chi connectivity index (χ4n) is 6.57. The highest BCUT2D eigenvalue weighted by atomic mass is 127. The maximum atomic E-state index is 12.7. The van der Waals surface area contributed by atoms with E-state index < -0.39 is 28.6 Å². The number of aromatic nitrogens is 2. The molecule has 0 aliphatic rings. The van der Waals surface area contributed by atoms with Gasteiger partial charge in [-0.1, -0.05) is 92.5 Å². The van der Waals surface area contributed by atoms with Crippen molar-refractivity contribution in [3.63, 3.8) is 0 Å². The second kappa shape index (κ2) is 16.9. The van der Waals surface area contributed by atoms with Gasteiger partial charge in [-0.15, -0.1) is 0 Å². The maximum absolute atomic E-state index is 12.7. The van der Waals surface area contributed by atoms with Crippen LogP contribution in [0.1, 0.15) is 0 Å². The smallest absolute Gasteiger partial charge is 0.109 e. The first-order valence-corrected chi connectivity index (χ1v) is 31.1. The molecule has 6 nitrogen and oxygen atoms in total. The van der Waals surface area contributed by atoms with Crippen molar-refractivity contribution in [1.29, 1.82) is 0 Å².